The van der Waals surface area contributed by atoms with Gasteiger partial charge in [0.25, 0.3) is 0 Å². The number of nitrogens with zero attached hydrogens (tertiary/aromatic N) is 1. The van der Waals surface area contributed by atoms with Crippen molar-refractivity contribution in [3.8, 4) is 5.75 Å². The summed E-state index contributed by atoms with van der Waals surface area (Å²) in [6.07, 6.45) is 3.18. The first-order chi connectivity index (χ1) is 12.8. The Balaban J connectivity index is 1.79. The third kappa shape index (κ3) is 4.82. The average Bonchev–Trinajstić information content (AvgIpc) is 2.71. The lowest BCUT2D eigenvalue weighted by Crippen LogP contribution is -2.30. The second kappa shape index (κ2) is 9.67. The molecule has 26 heavy (non-hydrogen) atoms. The summed E-state index contributed by atoms with van der Waals surface area (Å²) in [7, 11) is 0. The van der Waals surface area contributed by atoms with Crippen LogP contribution in [0.5, 0.6) is 5.75 Å². The van der Waals surface area contributed by atoms with E-state index in [0.29, 0.717) is 0 Å². The van der Waals surface area contributed by atoms with Crippen molar-refractivity contribution in [3.05, 3.63) is 59.2 Å². The van der Waals surface area contributed by atoms with Crippen LogP contribution in [0.2, 0.25) is 0 Å². The maximum absolute atomic E-state index is 5.97. The third-order valence-electron chi connectivity index (χ3n) is 4.42. The van der Waals surface area contributed by atoms with Crippen LogP contribution in [0.3, 0.4) is 0 Å². The zero-order valence-electron chi connectivity index (χ0n) is 15.8. The molecule has 138 valence electrons. The monoisotopic (exact) mass is 368 g/mol. The molecule has 3 rings (SSSR count). The summed E-state index contributed by atoms with van der Waals surface area (Å²) in [5.41, 5.74) is 3.84. The second-order valence-corrected chi connectivity index (χ2v) is 7.46. The molecule has 0 spiro atoms. The fourth-order valence-electron chi connectivity index (χ4n) is 2.97. The van der Waals surface area contributed by atoms with Crippen LogP contribution in [0.4, 0.5) is 0 Å². The molecule has 1 aliphatic heterocycles. The third-order valence-corrected chi connectivity index (χ3v) is 5.54. The quantitative estimate of drug-likeness (QED) is 0.661. The lowest BCUT2D eigenvalue weighted by Gasteiger charge is -2.18. The number of nitrogens with one attached hydrogen (secondary N) is 1. The molecule has 0 aromatic heterocycles. The van der Waals surface area contributed by atoms with Crippen molar-refractivity contribution < 1.29 is 4.74 Å². The molecule has 0 saturated heterocycles. The Morgan fingerprint density at radius 2 is 2.04 bits per heavy atom. The second-order valence-electron chi connectivity index (χ2n) is 6.44. The molecule has 0 bridgehead atoms. The summed E-state index contributed by atoms with van der Waals surface area (Å²) in [6, 6.07) is 15.1. The minimum atomic E-state index is 0.764. The smallest absolute Gasteiger partial charge is 0.129 e. The van der Waals surface area contributed by atoms with Crippen molar-refractivity contribution in [1.29, 1.82) is 0 Å². The van der Waals surface area contributed by atoms with E-state index in [0.717, 1.165) is 56.3 Å². The van der Waals surface area contributed by atoms with Gasteiger partial charge < -0.3 is 10.1 Å². The van der Waals surface area contributed by atoms with Gasteiger partial charge in [-0.2, -0.15) is 0 Å². The zero-order valence-corrected chi connectivity index (χ0v) is 16.6. The lowest BCUT2D eigenvalue weighted by atomic mass is 10.1. The molecule has 2 aromatic rings. The summed E-state index contributed by atoms with van der Waals surface area (Å²) in [6.45, 7) is 7.02. The molecule has 2 aromatic carbocycles. The standard InChI is InChI=1S/C22H28N2OS/c1-3-14-25-20-11-10-17(4-2)15-18(20)16-26-21-9-6-5-8-19(21)22-23-12-7-13-24-22/h5-6,8-11,15H,3-4,7,12-14,16H2,1-2H3,(H,23,24). The number of benzene rings is 2. The number of aliphatic imine (C=N–C) groups is 1. The minimum Gasteiger partial charge on any atom is -0.493 e. The Labute approximate surface area is 161 Å². The summed E-state index contributed by atoms with van der Waals surface area (Å²) in [4.78, 5) is 5.94. The first-order valence-corrected chi connectivity index (χ1v) is 10.6. The maximum Gasteiger partial charge on any atom is 0.129 e. The van der Waals surface area contributed by atoms with E-state index in [2.05, 4.69) is 66.6 Å². The van der Waals surface area contributed by atoms with Crippen LogP contribution in [0, 0.1) is 0 Å². The molecule has 1 aliphatic rings. The summed E-state index contributed by atoms with van der Waals surface area (Å²) >= 11 is 1.86. The van der Waals surface area contributed by atoms with E-state index in [4.69, 9.17) is 4.74 Å². The largest absolute Gasteiger partial charge is 0.493 e. The van der Waals surface area contributed by atoms with Crippen LogP contribution in [0.15, 0.2) is 52.4 Å². The highest BCUT2D eigenvalue weighted by molar-refractivity contribution is 7.98. The zero-order chi connectivity index (χ0) is 18.2. The molecular formula is C22H28N2OS. The van der Waals surface area contributed by atoms with Gasteiger partial charge in [0.1, 0.15) is 11.6 Å². The highest BCUT2D eigenvalue weighted by Gasteiger charge is 2.13. The van der Waals surface area contributed by atoms with Crippen LogP contribution in [-0.2, 0) is 12.2 Å². The van der Waals surface area contributed by atoms with Gasteiger partial charge >= 0.3 is 0 Å². The average molecular weight is 369 g/mol. The highest BCUT2D eigenvalue weighted by Crippen LogP contribution is 2.31. The predicted octanol–water partition coefficient (Wildman–Crippen LogP) is 5.07. The lowest BCUT2D eigenvalue weighted by molar-refractivity contribution is 0.315. The Hall–Kier alpha value is -1.94. The van der Waals surface area contributed by atoms with E-state index in [9.17, 15) is 0 Å². The number of aryl methyl sites for hydroxylation is 1. The van der Waals surface area contributed by atoms with E-state index < -0.39 is 0 Å². The van der Waals surface area contributed by atoms with Crippen LogP contribution >= 0.6 is 11.8 Å². The SMILES string of the molecule is CCCOc1ccc(CC)cc1CSc1ccccc1C1=NCCCN1. The van der Waals surface area contributed by atoms with Gasteiger partial charge in [0.2, 0.25) is 0 Å². The highest BCUT2D eigenvalue weighted by atomic mass is 32.2. The van der Waals surface area contributed by atoms with Crippen molar-refractivity contribution >= 4 is 17.6 Å². The molecular weight excluding hydrogens is 340 g/mol. The van der Waals surface area contributed by atoms with Crippen molar-refractivity contribution in [1.82, 2.24) is 5.32 Å². The minimum absolute atomic E-state index is 0.764. The molecule has 4 heteroatoms. The predicted molar refractivity (Wildman–Crippen MR) is 112 cm³/mol. The normalized spacial score (nSPS) is 13.8. The van der Waals surface area contributed by atoms with Gasteiger partial charge in [-0.1, -0.05) is 44.2 Å². The van der Waals surface area contributed by atoms with Gasteiger partial charge in [-0.15, -0.1) is 11.8 Å². The van der Waals surface area contributed by atoms with Crippen molar-refractivity contribution in [3.63, 3.8) is 0 Å². The molecule has 0 amide bonds. The van der Waals surface area contributed by atoms with Crippen molar-refractivity contribution in [2.75, 3.05) is 19.7 Å². The number of ether oxygens (including phenoxy) is 1. The fourth-order valence-corrected chi connectivity index (χ4v) is 4.01. The molecule has 0 unspecified atom stereocenters. The first kappa shape index (κ1) is 18.8. The van der Waals surface area contributed by atoms with Crippen LogP contribution < -0.4 is 10.1 Å². The van der Waals surface area contributed by atoms with Crippen molar-refractivity contribution in [2.24, 2.45) is 4.99 Å². The van der Waals surface area contributed by atoms with Crippen LogP contribution in [0.1, 0.15) is 43.4 Å². The summed E-state index contributed by atoms with van der Waals surface area (Å²) in [5.74, 6) is 2.95. The number of amidine groups is 1. The van der Waals surface area contributed by atoms with E-state index in [1.165, 1.54) is 21.6 Å². The summed E-state index contributed by atoms with van der Waals surface area (Å²) in [5, 5.41) is 3.44. The maximum atomic E-state index is 5.97. The van der Waals surface area contributed by atoms with Gasteiger partial charge in [0.15, 0.2) is 0 Å². The van der Waals surface area contributed by atoms with Crippen LogP contribution in [0.25, 0.3) is 0 Å². The van der Waals surface area contributed by atoms with Crippen molar-refractivity contribution in [2.45, 2.75) is 43.8 Å². The molecule has 3 nitrogen and oxygen atoms in total. The van der Waals surface area contributed by atoms with Crippen LogP contribution in [-0.4, -0.2) is 25.5 Å². The molecule has 1 heterocycles. The van der Waals surface area contributed by atoms with Gasteiger partial charge in [-0.3, -0.25) is 4.99 Å². The van der Waals surface area contributed by atoms with E-state index in [-0.39, 0.29) is 0 Å². The number of thioether (sulfide) groups is 1. The van der Waals surface area contributed by atoms with Gasteiger partial charge in [-0.25, -0.2) is 0 Å². The molecule has 0 saturated carbocycles. The van der Waals surface area contributed by atoms with E-state index in [1.807, 2.05) is 11.8 Å². The number of hydrogen-bond donors (Lipinski definition) is 1. The van der Waals surface area contributed by atoms with Gasteiger partial charge in [0, 0.05) is 34.9 Å². The van der Waals surface area contributed by atoms with E-state index in [1.54, 1.807) is 0 Å². The molecule has 1 N–H and O–H groups in total. The Morgan fingerprint density at radius 1 is 1.15 bits per heavy atom. The molecule has 0 atom stereocenters. The molecule has 0 radical (unpaired) electrons. The fraction of sp³-hybridized carbons (Fsp3) is 0.409. The summed E-state index contributed by atoms with van der Waals surface area (Å²) < 4.78 is 5.97. The topological polar surface area (TPSA) is 33.6 Å². The van der Waals surface area contributed by atoms with Gasteiger partial charge in [-0.05, 0) is 37.0 Å². The van der Waals surface area contributed by atoms with E-state index >= 15 is 0 Å². The first-order valence-electron chi connectivity index (χ1n) is 9.57. The molecule has 0 aliphatic carbocycles. The molecule has 0 fully saturated rings. The van der Waals surface area contributed by atoms with Gasteiger partial charge in [0.05, 0.1) is 6.61 Å². The Kier molecular flexibility index (Phi) is 7.01. The number of rotatable bonds is 8. The Morgan fingerprint density at radius 3 is 2.81 bits per heavy atom. The Bertz CT molecular complexity index is 758. The number of hydrogen-bond acceptors (Lipinski definition) is 4.